The molecule has 0 fully saturated rings. The molecular weight excluding hydrogens is 174 g/mol. The summed E-state index contributed by atoms with van der Waals surface area (Å²) in [5.41, 5.74) is 2.16. The van der Waals surface area contributed by atoms with Crippen LogP contribution < -0.4 is 5.32 Å². The molecule has 0 spiro atoms. The molecule has 0 aliphatic carbocycles. The van der Waals surface area contributed by atoms with Crippen molar-refractivity contribution < 1.29 is 5.11 Å². The van der Waals surface area contributed by atoms with Crippen LogP contribution in [0.15, 0.2) is 18.2 Å². The molecule has 0 heterocycles. The van der Waals surface area contributed by atoms with Gasteiger partial charge in [0.25, 0.3) is 0 Å². The largest absolute Gasteiger partial charge is 0.508 e. The lowest BCUT2D eigenvalue weighted by Crippen LogP contribution is -2.19. The standard InChI is InChI=1S/C12H19NO/c1-9(2)7-13-8-11-6-10(3)4-5-12(11)14/h4-6,9,13-14H,7-8H2,1-3H3. The third-order valence-corrected chi connectivity index (χ3v) is 2.10. The minimum absolute atomic E-state index is 0.381. The van der Waals surface area contributed by atoms with Crippen LogP contribution in [0.5, 0.6) is 5.75 Å². The summed E-state index contributed by atoms with van der Waals surface area (Å²) in [6.45, 7) is 8.09. The van der Waals surface area contributed by atoms with Gasteiger partial charge in [-0.1, -0.05) is 31.5 Å². The number of hydrogen-bond donors (Lipinski definition) is 2. The van der Waals surface area contributed by atoms with Crippen LogP contribution in [0.4, 0.5) is 0 Å². The normalized spacial score (nSPS) is 10.9. The van der Waals surface area contributed by atoms with Gasteiger partial charge in [-0.2, -0.15) is 0 Å². The van der Waals surface area contributed by atoms with Gasteiger partial charge in [-0.3, -0.25) is 0 Å². The highest BCUT2D eigenvalue weighted by Crippen LogP contribution is 2.17. The molecule has 2 N–H and O–H groups in total. The maximum atomic E-state index is 9.56. The predicted octanol–water partition coefficient (Wildman–Crippen LogP) is 2.45. The summed E-state index contributed by atoms with van der Waals surface area (Å²) in [4.78, 5) is 0. The lowest BCUT2D eigenvalue weighted by atomic mass is 10.1. The van der Waals surface area contributed by atoms with E-state index in [9.17, 15) is 5.11 Å². The van der Waals surface area contributed by atoms with E-state index in [0.717, 1.165) is 18.7 Å². The van der Waals surface area contributed by atoms with Crippen molar-refractivity contribution in [1.82, 2.24) is 5.32 Å². The summed E-state index contributed by atoms with van der Waals surface area (Å²) in [7, 11) is 0. The molecule has 0 aromatic heterocycles. The second-order valence-corrected chi connectivity index (χ2v) is 4.16. The second-order valence-electron chi connectivity index (χ2n) is 4.16. The molecule has 0 aliphatic heterocycles. The van der Waals surface area contributed by atoms with E-state index in [1.807, 2.05) is 19.1 Å². The lowest BCUT2D eigenvalue weighted by molar-refractivity contribution is 0.461. The smallest absolute Gasteiger partial charge is 0.120 e. The molecule has 1 aromatic carbocycles. The quantitative estimate of drug-likeness (QED) is 0.769. The molecule has 0 bridgehead atoms. The summed E-state index contributed by atoms with van der Waals surface area (Å²) in [5, 5.41) is 12.9. The van der Waals surface area contributed by atoms with Crippen LogP contribution in [0.1, 0.15) is 25.0 Å². The van der Waals surface area contributed by atoms with Gasteiger partial charge in [-0.25, -0.2) is 0 Å². The van der Waals surface area contributed by atoms with E-state index < -0.39 is 0 Å². The van der Waals surface area contributed by atoms with Crippen LogP contribution in [0.3, 0.4) is 0 Å². The average Bonchev–Trinajstić information content (AvgIpc) is 2.10. The summed E-state index contributed by atoms with van der Waals surface area (Å²) in [6.07, 6.45) is 0. The van der Waals surface area contributed by atoms with Crippen LogP contribution in [-0.2, 0) is 6.54 Å². The first-order valence-corrected chi connectivity index (χ1v) is 5.09. The first kappa shape index (κ1) is 11.1. The van der Waals surface area contributed by atoms with Gasteiger partial charge in [0.1, 0.15) is 5.75 Å². The van der Waals surface area contributed by atoms with E-state index in [1.165, 1.54) is 5.56 Å². The summed E-state index contributed by atoms with van der Waals surface area (Å²) in [6, 6.07) is 5.69. The number of hydrogen-bond acceptors (Lipinski definition) is 2. The summed E-state index contributed by atoms with van der Waals surface area (Å²) in [5.74, 6) is 1.02. The number of rotatable bonds is 4. The van der Waals surface area contributed by atoms with Gasteiger partial charge in [0, 0.05) is 12.1 Å². The van der Waals surface area contributed by atoms with Crippen LogP contribution in [0.25, 0.3) is 0 Å². The van der Waals surface area contributed by atoms with E-state index >= 15 is 0 Å². The minimum atomic E-state index is 0.381. The number of phenolic OH excluding ortho intramolecular Hbond substituents is 1. The Bertz CT molecular complexity index is 294. The van der Waals surface area contributed by atoms with Gasteiger partial charge >= 0.3 is 0 Å². The first-order chi connectivity index (χ1) is 6.59. The molecule has 0 saturated carbocycles. The van der Waals surface area contributed by atoms with Gasteiger partial charge in [0.2, 0.25) is 0 Å². The minimum Gasteiger partial charge on any atom is -0.508 e. The van der Waals surface area contributed by atoms with Crippen molar-refractivity contribution in [3.05, 3.63) is 29.3 Å². The molecular formula is C12H19NO. The van der Waals surface area contributed by atoms with Crippen LogP contribution in [0.2, 0.25) is 0 Å². The Morgan fingerprint density at radius 3 is 2.71 bits per heavy atom. The number of benzene rings is 1. The molecule has 1 rings (SSSR count). The van der Waals surface area contributed by atoms with Crippen molar-refractivity contribution >= 4 is 0 Å². The Kier molecular flexibility index (Phi) is 3.96. The highest BCUT2D eigenvalue weighted by atomic mass is 16.3. The van der Waals surface area contributed by atoms with E-state index in [-0.39, 0.29) is 0 Å². The monoisotopic (exact) mass is 193 g/mol. The highest BCUT2D eigenvalue weighted by molar-refractivity contribution is 5.35. The fourth-order valence-electron chi connectivity index (χ4n) is 1.35. The summed E-state index contributed by atoms with van der Waals surface area (Å²) >= 11 is 0. The zero-order valence-corrected chi connectivity index (χ0v) is 9.17. The number of nitrogens with one attached hydrogen (secondary N) is 1. The van der Waals surface area contributed by atoms with Gasteiger partial charge in [0.05, 0.1) is 0 Å². The Morgan fingerprint density at radius 1 is 1.36 bits per heavy atom. The molecule has 14 heavy (non-hydrogen) atoms. The van der Waals surface area contributed by atoms with Crippen molar-refractivity contribution in [2.45, 2.75) is 27.3 Å². The zero-order valence-electron chi connectivity index (χ0n) is 9.17. The molecule has 0 aliphatic rings. The molecule has 78 valence electrons. The highest BCUT2D eigenvalue weighted by Gasteiger charge is 2.01. The number of phenols is 1. The fraction of sp³-hybridized carbons (Fsp3) is 0.500. The molecule has 1 aromatic rings. The third kappa shape index (κ3) is 3.38. The third-order valence-electron chi connectivity index (χ3n) is 2.10. The maximum Gasteiger partial charge on any atom is 0.120 e. The van der Waals surface area contributed by atoms with Crippen LogP contribution in [-0.4, -0.2) is 11.7 Å². The molecule has 0 saturated heterocycles. The predicted molar refractivity (Wildman–Crippen MR) is 59.4 cm³/mol. The molecule has 0 unspecified atom stereocenters. The van der Waals surface area contributed by atoms with Crippen molar-refractivity contribution in [1.29, 1.82) is 0 Å². The van der Waals surface area contributed by atoms with Gasteiger partial charge < -0.3 is 10.4 Å². The van der Waals surface area contributed by atoms with Gasteiger partial charge in [-0.15, -0.1) is 0 Å². The van der Waals surface area contributed by atoms with E-state index in [1.54, 1.807) is 6.07 Å². The maximum absolute atomic E-state index is 9.56. The molecule has 2 nitrogen and oxygen atoms in total. The first-order valence-electron chi connectivity index (χ1n) is 5.09. The number of aromatic hydroxyl groups is 1. The topological polar surface area (TPSA) is 32.3 Å². The Morgan fingerprint density at radius 2 is 2.07 bits per heavy atom. The summed E-state index contributed by atoms with van der Waals surface area (Å²) < 4.78 is 0. The molecule has 0 radical (unpaired) electrons. The SMILES string of the molecule is Cc1ccc(O)c(CNCC(C)C)c1. The average molecular weight is 193 g/mol. The zero-order chi connectivity index (χ0) is 10.6. The molecule has 0 amide bonds. The van der Waals surface area contributed by atoms with E-state index in [2.05, 4.69) is 19.2 Å². The van der Waals surface area contributed by atoms with Crippen molar-refractivity contribution in [3.8, 4) is 5.75 Å². The van der Waals surface area contributed by atoms with Crippen molar-refractivity contribution in [2.24, 2.45) is 5.92 Å². The Labute approximate surface area is 86.0 Å². The fourth-order valence-corrected chi connectivity index (χ4v) is 1.35. The number of aryl methyl sites for hydroxylation is 1. The van der Waals surface area contributed by atoms with Crippen LogP contribution in [0, 0.1) is 12.8 Å². The van der Waals surface area contributed by atoms with E-state index in [4.69, 9.17) is 0 Å². The van der Waals surface area contributed by atoms with Crippen molar-refractivity contribution in [2.75, 3.05) is 6.54 Å². The van der Waals surface area contributed by atoms with E-state index in [0.29, 0.717) is 11.7 Å². The Hall–Kier alpha value is -1.02. The Balaban J connectivity index is 2.53. The molecule has 0 atom stereocenters. The van der Waals surface area contributed by atoms with Gasteiger partial charge in [0.15, 0.2) is 0 Å². The van der Waals surface area contributed by atoms with Gasteiger partial charge in [-0.05, 0) is 25.5 Å². The lowest BCUT2D eigenvalue weighted by Gasteiger charge is -2.09. The second kappa shape index (κ2) is 5.01. The van der Waals surface area contributed by atoms with Crippen molar-refractivity contribution in [3.63, 3.8) is 0 Å². The molecule has 2 heteroatoms. The van der Waals surface area contributed by atoms with Crippen LogP contribution >= 0.6 is 0 Å².